The van der Waals surface area contributed by atoms with Crippen molar-refractivity contribution in [1.29, 1.82) is 0 Å². The van der Waals surface area contributed by atoms with E-state index in [0.717, 1.165) is 35.0 Å². The van der Waals surface area contributed by atoms with Crippen LogP contribution in [-0.4, -0.2) is 27.2 Å². The van der Waals surface area contributed by atoms with Crippen LogP contribution in [0.5, 0.6) is 0 Å². The fourth-order valence-corrected chi connectivity index (χ4v) is 3.94. The molecule has 3 aromatic rings. The van der Waals surface area contributed by atoms with Crippen molar-refractivity contribution in [1.82, 2.24) is 20.1 Å². The van der Waals surface area contributed by atoms with Gasteiger partial charge in [-0.3, -0.25) is 9.36 Å². The van der Waals surface area contributed by atoms with Gasteiger partial charge in [0, 0.05) is 24.1 Å². The first-order valence-corrected chi connectivity index (χ1v) is 11.2. The topological polar surface area (TPSA) is 59.8 Å². The zero-order chi connectivity index (χ0) is 21.3. The lowest BCUT2D eigenvalue weighted by Gasteiger charge is -2.10. The van der Waals surface area contributed by atoms with E-state index in [1.165, 1.54) is 17.2 Å². The zero-order valence-corrected chi connectivity index (χ0v) is 18.6. The van der Waals surface area contributed by atoms with Gasteiger partial charge < -0.3 is 5.32 Å². The van der Waals surface area contributed by atoms with Crippen molar-refractivity contribution in [3.05, 3.63) is 77.1 Å². The van der Waals surface area contributed by atoms with Crippen molar-refractivity contribution in [3.8, 4) is 5.69 Å². The molecule has 0 unspecified atom stereocenters. The number of carbonyl (C=O) groups excluding carboxylic acids is 1. The molecule has 0 bridgehead atoms. The van der Waals surface area contributed by atoms with E-state index >= 15 is 0 Å². The molecular weight excluding hydrogens is 392 g/mol. The second kappa shape index (κ2) is 10.8. The van der Waals surface area contributed by atoms with Crippen molar-refractivity contribution >= 4 is 23.7 Å². The molecule has 0 aliphatic heterocycles. The van der Waals surface area contributed by atoms with Crippen LogP contribution in [0.1, 0.15) is 42.3 Å². The molecule has 0 fully saturated rings. The van der Waals surface area contributed by atoms with Gasteiger partial charge in [0.2, 0.25) is 5.91 Å². The molecule has 6 heteroatoms. The minimum Gasteiger partial charge on any atom is -0.353 e. The molecule has 2 aromatic carbocycles. The van der Waals surface area contributed by atoms with Gasteiger partial charge in [-0.2, -0.15) is 0 Å². The Labute approximate surface area is 182 Å². The number of hydrogen-bond donors (Lipinski definition) is 1. The molecule has 1 N–H and O–H groups in total. The van der Waals surface area contributed by atoms with Crippen LogP contribution in [0.4, 0.5) is 0 Å². The van der Waals surface area contributed by atoms with Gasteiger partial charge in [-0.25, -0.2) is 0 Å². The lowest BCUT2D eigenvalue weighted by Crippen LogP contribution is -2.21. The van der Waals surface area contributed by atoms with Crippen LogP contribution in [0.2, 0.25) is 0 Å². The smallest absolute Gasteiger partial charge is 0.244 e. The SMILES string of the molecule is CCCCNC(=O)/C=C/c1nnc(SCc2cccc(C)c2)n1-c1cccc(C)c1. The molecule has 0 aliphatic rings. The molecule has 0 saturated carbocycles. The number of unbranched alkanes of at least 4 members (excludes halogenated alkanes) is 1. The Morgan fingerprint density at radius 1 is 1.10 bits per heavy atom. The molecule has 0 spiro atoms. The summed E-state index contributed by atoms with van der Waals surface area (Å²) < 4.78 is 2.00. The number of thioether (sulfide) groups is 1. The minimum atomic E-state index is -0.115. The van der Waals surface area contributed by atoms with Gasteiger partial charge in [-0.05, 0) is 49.6 Å². The van der Waals surface area contributed by atoms with Crippen molar-refractivity contribution in [2.24, 2.45) is 0 Å². The Morgan fingerprint density at radius 3 is 2.60 bits per heavy atom. The summed E-state index contributed by atoms with van der Waals surface area (Å²) in [6, 6.07) is 16.7. The Morgan fingerprint density at radius 2 is 1.87 bits per heavy atom. The second-order valence-corrected chi connectivity index (χ2v) is 8.21. The minimum absolute atomic E-state index is 0.115. The largest absolute Gasteiger partial charge is 0.353 e. The highest BCUT2D eigenvalue weighted by Crippen LogP contribution is 2.26. The Balaban J connectivity index is 1.85. The van der Waals surface area contributed by atoms with E-state index in [1.807, 2.05) is 16.7 Å². The number of rotatable bonds is 9. The standard InChI is InChI=1S/C24H28N4OS/c1-4-5-14-25-23(29)13-12-22-26-27-24(28(22)21-11-7-9-19(3)16-21)30-17-20-10-6-8-18(2)15-20/h6-13,15-16H,4-5,14,17H2,1-3H3,(H,25,29)/b13-12+. The van der Waals surface area contributed by atoms with E-state index in [-0.39, 0.29) is 5.91 Å². The summed E-state index contributed by atoms with van der Waals surface area (Å²) in [6.07, 6.45) is 5.28. The predicted octanol–water partition coefficient (Wildman–Crippen LogP) is 5.11. The van der Waals surface area contributed by atoms with E-state index in [2.05, 4.69) is 72.7 Å². The Kier molecular flexibility index (Phi) is 7.85. The third kappa shape index (κ3) is 6.07. The van der Waals surface area contributed by atoms with Crippen molar-refractivity contribution in [2.45, 2.75) is 44.5 Å². The third-order valence-electron chi connectivity index (χ3n) is 4.58. The highest BCUT2D eigenvalue weighted by molar-refractivity contribution is 7.98. The van der Waals surface area contributed by atoms with Gasteiger partial charge in [0.25, 0.3) is 0 Å². The van der Waals surface area contributed by atoms with Crippen molar-refractivity contribution in [3.63, 3.8) is 0 Å². The first-order valence-electron chi connectivity index (χ1n) is 10.2. The molecule has 3 rings (SSSR count). The lowest BCUT2D eigenvalue weighted by molar-refractivity contribution is -0.116. The van der Waals surface area contributed by atoms with Crippen molar-refractivity contribution < 1.29 is 4.79 Å². The summed E-state index contributed by atoms with van der Waals surface area (Å²) in [7, 11) is 0. The molecule has 0 radical (unpaired) electrons. The molecule has 1 heterocycles. The highest BCUT2D eigenvalue weighted by Gasteiger charge is 2.13. The highest BCUT2D eigenvalue weighted by atomic mass is 32.2. The number of hydrogen-bond acceptors (Lipinski definition) is 4. The maximum Gasteiger partial charge on any atom is 0.244 e. The fraction of sp³-hybridized carbons (Fsp3) is 0.292. The molecule has 1 amide bonds. The van der Waals surface area contributed by atoms with Crippen LogP contribution in [-0.2, 0) is 10.5 Å². The van der Waals surface area contributed by atoms with E-state index in [1.54, 1.807) is 17.8 Å². The normalized spacial score (nSPS) is 11.2. The van der Waals surface area contributed by atoms with Gasteiger partial charge in [-0.15, -0.1) is 10.2 Å². The molecule has 5 nitrogen and oxygen atoms in total. The van der Waals surface area contributed by atoms with Gasteiger partial charge >= 0.3 is 0 Å². The number of nitrogens with zero attached hydrogens (tertiary/aromatic N) is 3. The summed E-state index contributed by atoms with van der Waals surface area (Å²) in [5.41, 5.74) is 4.62. The molecule has 1 aromatic heterocycles. The van der Waals surface area contributed by atoms with Crippen LogP contribution in [0.3, 0.4) is 0 Å². The van der Waals surface area contributed by atoms with Gasteiger partial charge in [-0.1, -0.05) is 67.1 Å². The van der Waals surface area contributed by atoms with E-state index < -0.39 is 0 Å². The van der Waals surface area contributed by atoms with E-state index in [0.29, 0.717) is 12.4 Å². The molecule has 0 aliphatic carbocycles. The Hall–Kier alpha value is -2.86. The third-order valence-corrected chi connectivity index (χ3v) is 5.58. The monoisotopic (exact) mass is 420 g/mol. The van der Waals surface area contributed by atoms with Crippen molar-refractivity contribution in [2.75, 3.05) is 6.54 Å². The molecule has 156 valence electrons. The van der Waals surface area contributed by atoms with Crippen LogP contribution in [0.15, 0.2) is 59.8 Å². The Bertz CT molecular complexity index is 1030. The molecule has 0 atom stereocenters. The second-order valence-electron chi connectivity index (χ2n) is 7.27. The first kappa shape index (κ1) is 21.8. The number of aromatic nitrogens is 3. The lowest BCUT2D eigenvalue weighted by atomic mass is 10.2. The quantitative estimate of drug-likeness (QED) is 0.297. The zero-order valence-electron chi connectivity index (χ0n) is 17.8. The number of aryl methyl sites for hydroxylation is 2. The van der Waals surface area contributed by atoms with Crippen LogP contribution in [0.25, 0.3) is 11.8 Å². The van der Waals surface area contributed by atoms with Gasteiger partial charge in [0.15, 0.2) is 11.0 Å². The summed E-state index contributed by atoms with van der Waals surface area (Å²) >= 11 is 1.64. The maximum atomic E-state index is 12.1. The summed E-state index contributed by atoms with van der Waals surface area (Å²) in [6.45, 7) is 6.94. The van der Waals surface area contributed by atoms with Crippen LogP contribution in [0, 0.1) is 13.8 Å². The summed E-state index contributed by atoms with van der Waals surface area (Å²) in [5.74, 6) is 1.32. The summed E-state index contributed by atoms with van der Waals surface area (Å²) in [4.78, 5) is 12.1. The number of benzene rings is 2. The van der Waals surface area contributed by atoms with Crippen LogP contribution < -0.4 is 5.32 Å². The van der Waals surface area contributed by atoms with E-state index in [4.69, 9.17) is 0 Å². The number of nitrogens with one attached hydrogen (secondary N) is 1. The molecule has 0 saturated heterocycles. The maximum absolute atomic E-state index is 12.1. The van der Waals surface area contributed by atoms with Crippen LogP contribution >= 0.6 is 11.8 Å². The van der Waals surface area contributed by atoms with Gasteiger partial charge in [0.1, 0.15) is 0 Å². The number of amides is 1. The average Bonchev–Trinajstić information content (AvgIpc) is 3.14. The first-order chi connectivity index (χ1) is 14.6. The molecule has 30 heavy (non-hydrogen) atoms. The summed E-state index contributed by atoms with van der Waals surface area (Å²) in [5, 5.41) is 12.4. The molecular formula is C24H28N4OS. The average molecular weight is 421 g/mol. The van der Waals surface area contributed by atoms with E-state index in [9.17, 15) is 4.79 Å². The number of carbonyl (C=O) groups is 1. The fourth-order valence-electron chi connectivity index (χ4n) is 3.04. The van der Waals surface area contributed by atoms with Gasteiger partial charge in [0.05, 0.1) is 0 Å². The predicted molar refractivity (Wildman–Crippen MR) is 124 cm³/mol.